The lowest BCUT2D eigenvalue weighted by molar-refractivity contribution is 0.0664. The van der Waals surface area contributed by atoms with Crippen molar-refractivity contribution in [2.75, 3.05) is 32.8 Å². The minimum Gasteiger partial charge on any atom is -0.380 e. The number of aromatic nitrogens is 2. The van der Waals surface area contributed by atoms with Crippen LogP contribution in [0.4, 0.5) is 0 Å². The molecule has 0 aliphatic heterocycles. The van der Waals surface area contributed by atoms with Crippen molar-refractivity contribution in [2.24, 2.45) is 5.73 Å². The lowest BCUT2D eigenvalue weighted by Crippen LogP contribution is -2.34. The number of likely N-dealkylation sites (N-methyl/N-ethyl adjacent to an activating group) is 1. The van der Waals surface area contributed by atoms with Crippen molar-refractivity contribution in [3.63, 3.8) is 0 Å². The fourth-order valence-corrected chi connectivity index (χ4v) is 1.63. The van der Waals surface area contributed by atoms with Gasteiger partial charge < -0.3 is 19.9 Å². The van der Waals surface area contributed by atoms with Crippen molar-refractivity contribution < 1.29 is 9.53 Å². The Morgan fingerprint density at radius 2 is 2.33 bits per heavy atom. The topological polar surface area (TPSA) is 73.4 Å². The van der Waals surface area contributed by atoms with Gasteiger partial charge in [0, 0.05) is 39.0 Å². The first kappa shape index (κ1) is 14.7. The molecule has 1 heterocycles. The summed E-state index contributed by atoms with van der Waals surface area (Å²) in [5.74, 6) is -0.0621. The average Bonchev–Trinajstić information content (AvgIpc) is 2.83. The van der Waals surface area contributed by atoms with Crippen molar-refractivity contribution in [1.82, 2.24) is 14.5 Å². The van der Waals surface area contributed by atoms with Crippen LogP contribution in [0.5, 0.6) is 0 Å². The molecule has 0 radical (unpaired) electrons. The van der Waals surface area contributed by atoms with Crippen molar-refractivity contribution >= 4 is 5.91 Å². The highest BCUT2D eigenvalue weighted by molar-refractivity contribution is 5.92. The van der Waals surface area contributed by atoms with Crippen molar-refractivity contribution in [1.29, 1.82) is 0 Å². The Morgan fingerprint density at radius 3 is 2.94 bits per heavy atom. The zero-order valence-corrected chi connectivity index (χ0v) is 11.1. The maximum Gasteiger partial charge on any atom is 0.274 e. The Bertz CT molecular complexity index is 365. The monoisotopic (exact) mass is 254 g/mol. The Hall–Kier alpha value is -1.40. The van der Waals surface area contributed by atoms with Crippen molar-refractivity contribution in [3.8, 4) is 0 Å². The summed E-state index contributed by atoms with van der Waals surface area (Å²) >= 11 is 0. The van der Waals surface area contributed by atoms with Crippen LogP contribution < -0.4 is 5.73 Å². The van der Waals surface area contributed by atoms with Crippen LogP contribution in [0, 0.1) is 0 Å². The third-order valence-electron chi connectivity index (χ3n) is 2.62. The highest BCUT2D eigenvalue weighted by atomic mass is 16.5. The second-order valence-electron chi connectivity index (χ2n) is 3.87. The quantitative estimate of drug-likeness (QED) is 0.679. The second kappa shape index (κ2) is 7.84. The summed E-state index contributed by atoms with van der Waals surface area (Å²) in [5, 5.41) is 0. The lowest BCUT2D eigenvalue weighted by Gasteiger charge is -2.19. The summed E-state index contributed by atoms with van der Waals surface area (Å²) in [5.41, 5.74) is 5.91. The van der Waals surface area contributed by atoms with Crippen LogP contribution in [0.25, 0.3) is 0 Å². The molecule has 0 aliphatic rings. The minimum atomic E-state index is -0.0621. The number of carbonyl (C=O) groups is 1. The van der Waals surface area contributed by atoms with E-state index < -0.39 is 0 Å². The number of amides is 1. The summed E-state index contributed by atoms with van der Waals surface area (Å²) < 4.78 is 7.08. The van der Waals surface area contributed by atoms with E-state index in [2.05, 4.69) is 4.98 Å². The fourth-order valence-electron chi connectivity index (χ4n) is 1.63. The Balaban J connectivity index is 2.58. The Labute approximate surface area is 108 Å². The van der Waals surface area contributed by atoms with Crippen LogP contribution in [0.3, 0.4) is 0 Å². The van der Waals surface area contributed by atoms with Gasteiger partial charge in [0.15, 0.2) is 0 Å². The molecule has 1 aromatic rings. The number of hydrogen-bond acceptors (Lipinski definition) is 4. The van der Waals surface area contributed by atoms with Gasteiger partial charge in [0.1, 0.15) is 5.69 Å². The Kier molecular flexibility index (Phi) is 6.38. The van der Waals surface area contributed by atoms with E-state index in [0.29, 0.717) is 45.1 Å². The number of nitrogens with zero attached hydrogens (tertiary/aromatic N) is 3. The summed E-state index contributed by atoms with van der Waals surface area (Å²) in [6.45, 7) is 7.55. The third-order valence-corrected chi connectivity index (χ3v) is 2.62. The molecule has 0 fully saturated rings. The van der Waals surface area contributed by atoms with Gasteiger partial charge >= 0.3 is 0 Å². The van der Waals surface area contributed by atoms with E-state index >= 15 is 0 Å². The lowest BCUT2D eigenvalue weighted by atomic mass is 10.3. The first-order valence-corrected chi connectivity index (χ1v) is 6.31. The molecule has 6 nitrogen and oxygen atoms in total. The molecular formula is C12H22N4O2. The molecule has 1 aromatic heterocycles. The largest absolute Gasteiger partial charge is 0.380 e. The number of ether oxygens (including phenoxy) is 1. The molecule has 102 valence electrons. The highest BCUT2D eigenvalue weighted by Gasteiger charge is 2.16. The van der Waals surface area contributed by atoms with Gasteiger partial charge in [-0.15, -0.1) is 0 Å². The molecule has 2 N–H and O–H groups in total. The van der Waals surface area contributed by atoms with Gasteiger partial charge in [0.2, 0.25) is 0 Å². The van der Waals surface area contributed by atoms with Gasteiger partial charge in [-0.05, 0) is 13.8 Å². The number of carbonyl (C=O) groups excluding carboxylic acids is 1. The zero-order chi connectivity index (χ0) is 13.4. The van der Waals surface area contributed by atoms with Crippen molar-refractivity contribution in [3.05, 3.63) is 18.2 Å². The fraction of sp³-hybridized carbons (Fsp3) is 0.667. The molecule has 0 bridgehead atoms. The molecule has 6 heteroatoms. The molecule has 0 unspecified atom stereocenters. The summed E-state index contributed by atoms with van der Waals surface area (Å²) in [7, 11) is 0. The maximum atomic E-state index is 12.2. The molecule has 0 saturated carbocycles. The first-order chi connectivity index (χ1) is 8.72. The van der Waals surface area contributed by atoms with E-state index in [9.17, 15) is 4.79 Å². The minimum absolute atomic E-state index is 0.0621. The van der Waals surface area contributed by atoms with Crippen LogP contribution >= 0.6 is 0 Å². The third kappa shape index (κ3) is 4.12. The predicted molar refractivity (Wildman–Crippen MR) is 69.4 cm³/mol. The normalized spacial score (nSPS) is 10.6. The second-order valence-corrected chi connectivity index (χ2v) is 3.87. The smallest absolute Gasteiger partial charge is 0.274 e. The molecule has 0 spiro atoms. The van der Waals surface area contributed by atoms with Gasteiger partial charge in [0.05, 0.1) is 12.9 Å². The maximum absolute atomic E-state index is 12.2. The van der Waals surface area contributed by atoms with E-state index in [1.54, 1.807) is 17.4 Å². The molecule has 1 rings (SSSR count). The number of rotatable bonds is 8. The van der Waals surface area contributed by atoms with E-state index in [1.165, 1.54) is 0 Å². The summed E-state index contributed by atoms with van der Waals surface area (Å²) in [6, 6.07) is 0. The molecule has 0 aromatic carbocycles. The SMILES string of the molecule is CCOCCN(CC)C(=O)c1cn(CCN)cn1. The molecule has 0 atom stereocenters. The first-order valence-electron chi connectivity index (χ1n) is 6.31. The van der Waals surface area contributed by atoms with Crippen LogP contribution in [0.2, 0.25) is 0 Å². The Morgan fingerprint density at radius 1 is 1.56 bits per heavy atom. The molecule has 0 saturated heterocycles. The van der Waals surface area contributed by atoms with E-state index in [-0.39, 0.29) is 5.91 Å². The van der Waals surface area contributed by atoms with Gasteiger partial charge in [-0.1, -0.05) is 0 Å². The zero-order valence-electron chi connectivity index (χ0n) is 11.1. The molecule has 1 amide bonds. The average molecular weight is 254 g/mol. The van der Waals surface area contributed by atoms with E-state index in [4.69, 9.17) is 10.5 Å². The van der Waals surface area contributed by atoms with Crippen LogP contribution in [-0.4, -0.2) is 53.2 Å². The van der Waals surface area contributed by atoms with Crippen molar-refractivity contribution in [2.45, 2.75) is 20.4 Å². The van der Waals surface area contributed by atoms with Gasteiger partial charge in [0.25, 0.3) is 5.91 Å². The number of imidazole rings is 1. The molecule has 0 aliphatic carbocycles. The van der Waals surface area contributed by atoms with Crippen LogP contribution in [0.1, 0.15) is 24.3 Å². The predicted octanol–water partition coefficient (Wildman–Crippen LogP) is 0.340. The molecule has 18 heavy (non-hydrogen) atoms. The van der Waals surface area contributed by atoms with Gasteiger partial charge in [-0.25, -0.2) is 4.98 Å². The summed E-state index contributed by atoms with van der Waals surface area (Å²) in [6.07, 6.45) is 3.37. The van der Waals surface area contributed by atoms with E-state index in [0.717, 1.165) is 0 Å². The van der Waals surface area contributed by atoms with Crippen LogP contribution in [0.15, 0.2) is 12.5 Å². The number of nitrogens with two attached hydrogens (primary N) is 1. The summed E-state index contributed by atoms with van der Waals surface area (Å²) in [4.78, 5) is 18.0. The van der Waals surface area contributed by atoms with Crippen LogP contribution in [-0.2, 0) is 11.3 Å². The molecular weight excluding hydrogens is 232 g/mol. The highest BCUT2D eigenvalue weighted by Crippen LogP contribution is 2.02. The van der Waals surface area contributed by atoms with Gasteiger partial charge in [-0.2, -0.15) is 0 Å². The standard InChI is InChI=1S/C12H22N4O2/c1-3-16(7-8-18-4-2)12(17)11-9-15(6-5-13)10-14-11/h9-10H,3-8,13H2,1-2H3. The van der Waals surface area contributed by atoms with E-state index in [1.807, 2.05) is 18.4 Å². The van der Waals surface area contributed by atoms with Gasteiger partial charge in [-0.3, -0.25) is 4.79 Å². The number of hydrogen-bond donors (Lipinski definition) is 1.